The molecule has 2 saturated heterocycles. The van der Waals surface area contributed by atoms with Crippen LogP contribution >= 0.6 is 23.1 Å². The third-order valence-corrected chi connectivity index (χ3v) is 9.02. The number of nitrogen functional groups attached to an aromatic ring is 1. The molecule has 2 amide bonds. The van der Waals surface area contributed by atoms with Crippen LogP contribution < -0.4 is 15.8 Å². The van der Waals surface area contributed by atoms with Gasteiger partial charge in [-0.25, -0.2) is 14.6 Å². The zero-order valence-electron chi connectivity index (χ0n) is 23.4. The van der Waals surface area contributed by atoms with E-state index in [-0.39, 0.29) is 28.8 Å². The van der Waals surface area contributed by atoms with Crippen molar-refractivity contribution in [1.29, 1.82) is 0 Å². The number of thiazole rings is 1. The van der Waals surface area contributed by atoms with Crippen LogP contribution in [-0.4, -0.2) is 90.1 Å². The van der Waals surface area contributed by atoms with Gasteiger partial charge in [0.1, 0.15) is 42.3 Å². The molecule has 4 heterocycles. The third kappa shape index (κ3) is 6.16. The maximum absolute atomic E-state index is 13.6. The van der Waals surface area contributed by atoms with E-state index in [1.165, 1.54) is 30.9 Å². The zero-order chi connectivity index (χ0) is 30.7. The smallest absolute Gasteiger partial charge is 0.355 e. The van der Waals surface area contributed by atoms with Gasteiger partial charge in [0.05, 0.1) is 20.3 Å². The lowest BCUT2D eigenvalue weighted by atomic mass is 9.98. The van der Waals surface area contributed by atoms with E-state index in [0.717, 1.165) is 11.3 Å². The third-order valence-electron chi connectivity index (χ3n) is 7.04. The zero-order valence-corrected chi connectivity index (χ0v) is 25.1. The Morgan fingerprint density at radius 2 is 1.95 bits per heavy atom. The molecule has 0 radical (unpaired) electrons. The second kappa shape index (κ2) is 13.0. The molecule has 2 aromatic rings. The number of benzene rings is 1. The molecule has 2 fully saturated rings. The predicted molar refractivity (Wildman–Crippen MR) is 155 cm³/mol. The van der Waals surface area contributed by atoms with Crippen LogP contribution in [0.1, 0.15) is 24.1 Å². The number of esters is 2. The van der Waals surface area contributed by atoms with Crippen molar-refractivity contribution >= 4 is 57.7 Å². The van der Waals surface area contributed by atoms with Crippen molar-refractivity contribution in [2.45, 2.75) is 43.1 Å². The number of nitrogens with one attached hydrogen (secondary N) is 1. The summed E-state index contributed by atoms with van der Waals surface area (Å²) in [4.78, 5) is 62.5. The van der Waals surface area contributed by atoms with Crippen LogP contribution in [0.4, 0.5) is 5.13 Å². The highest BCUT2D eigenvalue weighted by atomic mass is 32.2. The summed E-state index contributed by atoms with van der Waals surface area (Å²) >= 11 is 2.48. The standard InChI is InChI=1S/C27H29N5O9S2/c1-37-14-6-4-13(5-7-14)10-40-26(36)21-15(17-8-9-18(41-17)25(35)38-2)11-42-24-20(23(34)32(21)24)30-22(33)19(31-39-3)16-12-43-27(28)29-16/h4-7,12,17-18,20,24H,8-11H2,1-3H3,(H2,28,29)(H,30,33)/t17-,18+,20+,24+/m0/s1. The first-order chi connectivity index (χ1) is 20.7. The number of carbonyl (C=O) groups is 4. The molecule has 228 valence electrons. The van der Waals surface area contributed by atoms with Gasteiger partial charge in [-0.15, -0.1) is 23.1 Å². The van der Waals surface area contributed by atoms with Gasteiger partial charge >= 0.3 is 11.9 Å². The summed E-state index contributed by atoms with van der Waals surface area (Å²) in [5.41, 5.74) is 7.05. The first kappa shape index (κ1) is 30.3. The van der Waals surface area contributed by atoms with E-state index >= 15 is 0 Å². The highest BCUT2D eigenvalue weighted by molar-refractivity contribution is 8.00. The second-order valence-electron chi connectivity index (χ2n) is 9.57. The Kier molecular flexibility index (Phi) is 9.17. The van der Waals surface area contributed by atoms with Crippen LogP contribution in [0.15, 0.2) is 46.1 Å². The average Bonchev–Trinajstić information content (AvgIpc) is 3.69. The number of methoxy groups -OCH3 is 2. The number of thioether (sulfide) groups is 1. The van der Waals surface area contributed by atoms with Crippen LogP contribution in [0.3, 0.4) is 0 Å². The lowest BCUT2D eigenvalue weighted by Gasteiger charge is -2.50. The molecule has 43 heavy (non-hydrogen) atoms. The molecule has 0 bridgehead atoms. The van der Waals surface area contributed by atoms with E-state index in [9.17, 15) is 19.2 Å². The summed E-state index contributed by atoms with van der Waals surface area (Å²) in [6, 6.07) is 6.05. The molecule has 3 N–H and O–H groups in total. The number of carbonyl (C=O) groups excluding carboxylic acids is 4. The number of nitrogens with two attached hydrogens (primary N) is 1. The van der Waals surface area contributed by atoms with E-state index < -0.39 is 47.4 Å². The SMILES string of the molecule is CON=C(C(=O)N[C@@H]1C(=O)N2C(C(=O)OCc3ccc(OC)cc3)=C([C@@H]3CC[C@H](C(=O)OC)O3)CS[C@H]12)c1csc(N)n1. The molecule has 16 heteroatoms. The largest absolute Gasteiger partial charge is 0.497 e. The minimum Gasteiger partial charge on any atom is -0.497 e. The summed E-state index contributed by atoms with van der Waals surface area (Å²) in [6.45, 7) is -0.0520. The molecule has 0 spiro atoms. The Morgan fingerprint density at radius 3 is 2.60 bits per heavy atom. The molecule has 1 aromatic carbocycles. The molecule has 5 rings (SSSR count). The number of hydrogen-bond acceptors (Lipinski definition) is 14. The Hall–Kier alpha value is -4.15. The Labute approximate surface area is 254 Å². The first-order valence-electron chi connectivity index (χ1n) is 13.1. The van der Waals surface area contributed by atoms with Crippen molar-refractivity contribution in [3.05, 3.63) is 52.2 Å². The minimum atomic E-state index is -0.964. The molecule has 4 atom stereocenters. The fourth-order valence-electron chi connectivity index (χ4n) is 4.92. The van der Waals surface area contributed by atoms with Crippen molar-refractivity contribution < 1.29 is 43.0 Å². The molecule has 3 aliphatic rings. The van der Waals surface area contributed by atoms with Crippen molar-refractivity contribution in [1.82, 2.24) is 15.2 Å². The van der Waals surface area contributed by atoms with Crippen molar-refractivity contribution in [3.63, 3.8) is 0 Å². The van der Waals surface area contributed by atoms with Gasteiger partial charge in [-0.05, 0) is 36.1 Å². The molecular formula is C27H29N5O9S2. The first-order valence-corrected chi connectivity index (χ1v) is 15.0. The lowest BCUT2D eigenvalue weighted by Crippen LogP contribution is -2.71. The van der Waals surface area contributed by atoms with E-state index in [1.54, 1.807) is 36.8 Å². The average molecular weight is 632 g/mol. The van der Waals surface area contributed by atoms with Gasteiger partial charge in [-0.3, -0.25) is 14.5 Å². The number of oxime groups is 1. The second-order valence-corrected chi connectivity index (χ2v) is 11.6. The molecular weight excluding hydrogens is 602 g/mol. The normalized spacial score (nSPS) is 23.3. The monoisotopic (exact) mass is 631 g/mol. The number of nitrogens with zero attached hydrogens (tertiary/aromatic N) is 3. The van der Waals surface area contributed by atoms with E-state index in [2.05, 4.69) is 15.5 Å². The maximum atomic E-state index is 13.6. The van der Waals surface area contributed by atoms with Crippen molar-refractivity contribution in [2.75, 3.05) is 32.8 Å². The number of amides is 2. The number of rotatable bonds is 10. The topological polar surface area (TPSA) is 181 Å². The summed E-state index contributed by atoms with van der Waals surface area (Å²) in [5, 5.41) is 7.62. The van der Waals surface area contributed by atoms with Crippen molar-refractivity contribution in [2.24, 2.45) is 5.16 Å². The van der Waals surface area contributed by atoms with E-state index in [1.807, 2.05) is 0 Å². The lowest BCUT2D eigenvalue weighted by molar-refractivity contribution is -0.154. The molecule has 14 nitrogen and oxygen atoms in total. The Morgan fingerprint density at radius 1 is 1.19 bits per heavy atom. The number of anilines is 1. The number of aromatic nitrogens is 1. The Balaban J connectivity index is 1.37. The molecule has 1 aromatic heterocycles. The molecule has 0 aliphatic carbocycles. The van der Waals surface area contributed by atoms with Gasteiger partial charge in [0.2, 0.25) is 0 Å². The van der Waals surface area contributed by atoms with E-state index in [4.69, 9.17) is 29.5 Å². The van der Waals surface area contributed by atoms with Gasteiger partial charge in [0, 0.05) is 11.1 Å². The molecule has 3 aliphatic heterocycles. The van der Waals surface area contributed by atoms with Crippen LogP contribution in [0.25, 0.3) is 0 Å². The van der Waals surface area contributed by atoms with Gasteiger partial charge in [0.15, 0.2) is 16.9 Å². The summed E-state index contributed by atoms with van der Waals surface area (Å²) < 4.78 is 21.6. The van der Waals surface area contributed by atoms with Crippen LogP contribution in [0, 0.1) is 0 Å². The van der Waals surface area contributed by atoms with Gasteiger partial charge in [-0.2, -0.15) is 0 Å². The van der Waals surface area contributed by atoms with E-state index in [0.29, 0.717) is 35.5 Å². The fraction of sp³-hybridized carbons (Fsp3) is 0.407. The van der Waals surface area contributed by atoms with Crippen molar-refractivity contribution in [3.8, 4) is 5.75 Å². The minimum absolute atomic E-state index is 0.0429. The fourth-order valence-corrected chi connectivity index (χ4v) is 6.87. The highest BCUT2D eigenvalue weighted by Crippen LogP contribution is 2.44. The number of hydrogen-bond donors (Lipinski definition) is 2. The number of β-lactam (4-membered cyclic amide) rings is 1. The molecule has 0 saturated carbocycles. The summed E-state index contributed by atoms with van der Waals surface area (Å²) in [5.74, 6) is -1.48. The highest BCUT2D eigenvalue weighted by Gasteiger charge is 2.56. The van der Waals surface area contributed by atoms with Gasteiger partial charge < -0.3 is 34.8 Å². The summed E-state index contributed by atoms with van der Waals surface area (Å²) in [7, 11) is 4.11. The quantitative estimate of drug-likeness (QED) is 0.166. The number of fused-ring (bicyclic) bond motifs is 1. The molecule has 0 unspecified atom stereocenters. The number of ether oxygens (including phenoxy) is 4. The van der Waals surface area contributed by atoms with Crippen LogP contribution in [0.5, 0.6) is 5.75 Å². The summed E-state index contributed by atoms with van der Waals surface area (Å²) in [6.07, 6.45) is -0.526. The van der Waals surface area contributed by atoms with Crippen LogP contribution in [0.2, 0.25) is 0 Å². The maximum Gasteiger partial charge on any atom is 0.355 e. The Bertz CT molecular complexity index is 1480. The van der Waals surface area contributed by atoms with Gasteiger partial charge in [-0.1, -0.05) is 17.3 Å². The van der Waals surface area contributed by atoms with Crippen LogP contribution in [-0.2, 0) is 44.8 Å². The predicted octanol–water partition coefficient (Wildman–Crippen LogP) is 1.20. The van der Waals surface area contributed by atoms with Gasteiger partial charge in [0.25, 0.3) is 11.8 Å².